The van der Waals surface area contributed by atoms with Gasteiger partial charge < -0.3 is 5.32 Å². The average molecular weight is 274 g/mol. The van der Waals surface area contributed by atoms with Gasteiger partial charge in [-0.15, -0.1) is 0 Å². The van der Waals surface area contributed by atoms with Gasteiger partial charge >= 0.3 is 0 Å². The summed E-state index contributed by atoms with van der Waals surface area (Å²) in [6.45, 7) is 1.28. The highest BCUT2D eigenvalue weighted by atomic mass is 32.2. The number of hydrogen-bond donors (Lipinski definition) is 2. The second-order valence-electron chi connectivity index (χ2n) is 4.30. The fraction of sp³-hybridized carbons (Fsp3) is 0.727. The molecular formula is C11H22N4O2S. The summed E-state index contributed by atoms with van der Waals surface area (Å²) < 4.78 is 27.6. The first-order valence-corrected chi connectivity index (χ1v) is 7.78. The van der Waals surface area contributed by atoms with Gasteiger partial charge in [0, 0.05) is 19.8 Å². The molecule has 1 rings (SSSR count). The first-order chi connectivity index (χ1) is 8.53. The van der Waals surface area contributed by atoms with E-state index < -0.39 is 10.0 Å². The summed E-state index contributed by atoms with van der Waals surface area (Å²) >= 11 is 0. The third kappa shape index (κ3) is 6.13. The minimum absolute atomic E-state index is 0.196. The lowest BCUT2D eigenvalue weighted by Gasteiger charge is -2.05. The molecule has 0 aliphatic rings. The number of sulfonamides is 1. The molecule has 0 spiro atoms. The van der Waals surface area contributed by atoms with Gasteiger partial charge in [0.15, 0.2) is 0 Å². The largest absolute Gasteiger partial charge is 0.320 e. The van der Waals surface area contributed by atoms with Crippen LogP contribution in [0.1, 0.15) is 18.4 Å². The van der Waals surface area contributed by atoms with Crippen LogP contribution in [0.15, 0.2) is 12.4 Å². The standard InChI is InChI=1S/C11H22N4O2S/c1-12-6-3-4-8-18(16,17)14-7-5-11-9-13-15(2)10-11/h9-10,12,14H,3-8H2,1-2H3. The summed E-state index contributed by atoms with van der Waals surface area (Å²) in [7, 11) is 0.574. The maximum atomic E-state index is 11.6. The zero-order chi connectivity index (χ0) is 13.4. The van der Waals surface area contributed by atoms with Crippen LogP contribution in [0.5, 0.6) is 0 Å². The van der Waals surface area contributed by atoms with Crippen molar-refractivity contribution in [3.63, 3.8) is 0 Å². The highest BCUT2D eigenvalue weighted by Gasteiger charge is 2.09. The topological polar surface area (TPSA) is 76.0 Å². The van der Waals surface area contributed by atoms with Crippen molar-refractivity contribution in [2.45, 2.75) is 19.3 Å². The van der Waals surface area contributed by atoms with E-state index in [1.165, 1.54) is 0 Å². The van der Waals surface area contributed by atoms with Gasteiger partial charge in [-0.05, 0) is 38.4 Å². The van der Waals surface area contributed by atoms with Gasteiger partial charge in [0.1, 0.15) is 0 Å². The van der Waals surface area contributed by atoms with Crippen LogP contribution in [0.2, 0.25) is 0 Å². The Bertz CT molecular complexity index is 442. The summed E-state index contributed by atoms with van der Waals surface area (Å²) in [6.07, 6.45) is 5.87. The third-order valence-corrected chi connectivity index (χ3v) is 4.05. The van der Waals surface area contributed by atoms with Crippen molar-refractivity contribution in [2.75, 3.05) is 25.9 Å². The molecule has 0 aromatic carbocycles. The van der Waals surface area contributed by atoms with Crippen LogP contribution in [-0.4, -0.2) is 44.1 Å². The molecule has 0 aliphatic carbocycles. The molecule has 0 atom stereocenters. The van der Waals surface area contributed by atoms with Crippen LogP contribution >= 0.6 is 0 Å². The maximum Gasteiger partial charge on any atom is 0.211 e. The van der Waals surface area contributed by atoms with E-state index in [0.29, 0.717) is 19.4 Å². The first kappa shape index (κ1) is 15.1. The molecule has 1 aromatic heterocycles. The molecule has 0 unspecified atom stereocenters. The van der Waals surface area contributed by atoms with Crippen LogP contribution in [-0.2, 0) is 23.5 Å². The van der Waals surface area contributed by atoms with Gasteiger partial charge in [-0.1, -0.05) is 0 Å². The van der Waals surface area contributed by atoms with Crippen LogP contribution in [0, 0.1) is 0 Å². The van der Waals surface area contributed by atoms with Crippen molar-refractivity contribution >= 4 is 10.0 Å². The van der Waals surface area contributed by atoms with Crippen molar-refractivity contribution in [1.29, 1.82) is 0 Å². The number of hydrogen-bond acceptors (Lipinski definition) is 4. The number of aromatic nitrogens is 2. The molecule has 0 bridgehead atoms. The Hall–Kier alpha value is -0.920. The van der Waals surface area contributed by atoms with Gasteiger partial charge in [0.05, 0.1) is 11.9 Å². The Kier molecular flexibility index (Phi) is 6.31. The molecule has 0 fully saturated rings. The van der Waals surface area contributed by atoms with Gasteiger partial charge in [-0.2, -0.15) is 5.10 Å². The quantitative estimate of drug-likeness (QED) is 0.616. The molecule has 18 heavy (non-hydrogen) atoms. The molecule has 1 heterocycles. The average Bonchev–Trinajstić information content (AvgIpc) is 2.70. The summed E-state index contributed by atoms with van der Waals surface area (Å²) in [5.74, 6) is 0.196. The molecular weight excluding hydrogens is 252 g/mol. The first-order valence-electron chi connectivity index (χ1n) is 6.13. The van der Waals surface area contributed by atoms with Crippen molar-refractivity contribution in [3.05, 3.63) is 18.0 Å². The van der Waals surface area contributed by atoms with Crippen molar-refractivity contribution in [2.24, 2.45) is 7.05 Å². The van der Waals surface area contributed by atoms with Gasteiger partial charge in [0.2, 0.25) is 10.0 Å². The highest BCUT2D eigenvalue weighted by molar-refractivity contribution is 7.89. The highest BCUT2D eigenvalue weighted by Crippen LogP contribution is 1.98. The third-order valence-electron chi connectivity index (χ3n) is 2.58. The molecule has 6 nitrogen and oxygen atoms in total. The number of aryl methyl sites for hydroxylation is 1. The molecule has 7 heteroatoms. The number of nitrogens with one attached hydrogen (secondary N) is 2. The Balaban J connectivity index is 2.20. The lowest BCUT2D eigenvalue weighted by Crippen LogP contribution is -2.28. The van der Waals surface area contributed by atoms with E-state index >= 15 is 0 Å². The van der Waals surface area contributed by atoms with Crippen molar-refractivity contribution < 1.29 is 8.42 Å². The van der Waals surface area contributed by atoms with Crippen molar-refractivity contribution in [3.8, 4) is 0 Å². The fourth-order valence-electron chi connectivity index (χ4n) is 1.62. The number of unbranched alkanes of at least 4 members (excludes halogenated alkanes) is 1. The molecule has 0 saturated heterocycles. The van der Waals surface area contributed by atoms with E-state index in [1.54, 1.807) is 10.9 Å². The second-order valence-corrected chi connectivity index (χ2v) is 6.22. The van der Waals surface area contributed by atoms with E-state index in [4.69, 9.17) is 0 Å². The van der Waals surface area contributed by atoms with Gasteiger partial charge in [-0.25, -0.2) is 13.1 Å². The smallest absolute Gasteiger partial charge is 0.211 e. The molecule has 0 aliphatic heterocycles. The summed E-state index contributed by atoms with van der Waals surface area (Å²) in [5, 5.41) is 7.03. The molecule has 0 saturated carbocycles. The second kappa shape index (κ2) is 7.50. The summed E-state index contributed by atoms with van der Waals surface area (Å²) in [6, 6.07) is 0. The van der Waals surface area contributed by atoms with E-state index in [1.807, 2.05) is 20.3 Å². The lowest BCUT2D eigenvalue weighted by molar-refractivity contribution is 0.576. The van der Waals surface area contributed by atoms with E-state index in [2.05, 4.69) is 15.1 Å². The molecule has 2 N–H and O–H groups in total. The van der Waals surface area contributed by atoms with E-state index in [-0.39, 0.29) is 5.75 Å². The Morgan fingerprint density at radius 1 is 1.33 bits per heavy atom. The van der Waals surface area contributed by atoms with E-state index in [9.17, 15) is 8.42 Å². The number of nitrogens with zero attached hydrogens (tertiary/aromatic N) is 2. The normalized spacial score (nSPS) is 11.9. The lowest BCUT2D eigenvalue weighted by atomic mass is 10.3. The minimum atomic E-state index is -3.13. The zero-order valence-corrected chi connectivity index (χ0v) is 11.8. The summed E-state index contributed by atoms with van der Waals surface area (Å²) in [4.78, 5) is 0. The number of rotatable bonds is 9. The summed E-state index contributed by atoms with van der Waals surface area (Å²) in [5.41, 5.74) is 1.04. The molecule has 0 radical (unpaired) electrons. The van der Waals surface area contributed by atoms with Crippen LogP contribution in [0.3, 0.4) is 0 Å². The fourth-order valence-corrected chi connectivity index (χ4v) is 2.76. The monoisotopic (exact) mass is 274 g/mol. The maximum absolute atomic E-state index is 11.6. The zero-order valence-electron chi connectivity index (χ0n) is 11.0. The van der Waals surface area contributed by atoms with E-state index in [0.717, 1.165) is 18.5 Å². The Morgan fingerprint density at radius 2 is 2.11 bits per heavy atom. The molecule has 0 amide bonds. The predicted molar refractivity (Wildman–Crippen MR) is 71.9 cm³/mol. The van der Waals surface area contributed by atoms with Gasteiger partial charge in [-0.3, -0.25) is 4.68 Å². The van der Waals surface area contributed by atoms with Crippen LogP contribution < -0.4 is 10.0 Å². The Labute approximate surface area is 109 Å². The van der Waals surface area contributed by atoms with Crippen LogP contribution in [0.25, 0.3) is 0 Å². The predicted octanol–water partition coefficient (Wildman–Crippen LogP) is -0.118. The molecule has 1 aromatic rings. The van der Waals surface area contributed by atoms with Gasteiger partial charge in [0.25, 0.3) is 0 Å². The van der Waals surface area contributed by atoms with Crippen LogP contribution in [0.4, 0.5) is 0 Å². The SMILES string of the molecule is CNCCCCS(=O)(=O)NCCc1cnn(C)c1. The minimum Gasteiger partial charge on any atom is -0.320 e. The Morgan fingerprint density at radius 3 is 2.72 bits per heavy atom. The van der Waals surface area contributed by atoms with Crippen molar-refractivity contribution in [1.82, 2.24) is 19.8 Å². The molecule has 104 valence electrons.